The Balaban J connectivity index is 0.00000128. The minimum Gasteiger partial charge on any atom is -1.00 e. The molecule has 0 aliphatic heterocycles. The van der Waals surface area contributed by atoms with Crippen LogP contribution in [-0.2, 0) is 19.9 Å². The predicted octanol–water partition coefficient (Wildman–Crippen LogP) is -0.330. The van der Waals surface area contributed by atoms with E-state index in [0.717, 1.165) is 12.8 Å². The van der Waals surface area contributed by atoms with Crippen LogP contribution in [0.25, 0.3) is 0 Å². The van der Waals surface area contributed by atoms with Crippen molar-refractivity contribution in [1.82, 2.24) is 0 Å². The zero-order chi connectivity index (χ0) is 10.7. The van der Waals surface area contributed by atoms with Gasteiger partial charge in [-0.05, 0) is 36.8 Å². The fourth-order valence-corrected chi connectivity index (χ4v) is 2.47. The SMILES string of the molecule is Cc1c[n+](C)ccc1CCc1cccs1.[I-]. The van der Waals surface area contributed by atoms with Gasteiger partial charge in [0.1, 0.15) is 7.05 Å². The number of aromatic nitrogens is 1. The zero-order valence-electron chi connectivity index (χ0n) is 9.61. The summed E-state index contributed by atoms with van der Waals surface area (Å²) in [6.07, 6.45) is 6.61. The number of nitrogens with zero attached hydrogens (tertiary/aromatic N) is 1. The van der Waals surface area contributed by atoms with Crippen molar-refractivity contribution >= 4 is 11.3 Å². The maximum atomic E-state index is 2.23. The minimum absolute atomic E-state index is 0. The van der Waals surface area contributed by atoms with E-state index in [4.69, 9.17) is 0 Å². The van der Waals surface area contributed by atoms with E-state index in [-0.39, 0.29) is 24.0 Å². The van der Waals surface area contributed by atoms with Gasteiger partial charge in [-0.2, -0.15) is 0 Å². The first-order chi connectivity index (χ1) is 7.25. The third-order valence-electron chi connectivity index (χ3n) is 2.64. The van der Waals surface area contributed by atoms with Gasteiger partial charge in [0.2, 0.25) is 0 Å². The number of rotatable bonds is 3. The average molecular weight is 345 g/mol. The van der Waals surface area contributed by atoms with Crippen molar-refractivity contribution in [3.8, 4) is 0 Å². The van der Waals surface area contributed by atoms with Gasteiger partial charge in [0.25, 0.3) is 0 Å². The molecule has 0 radical (unpaired) electrons. The first-order valence-corrected chi connectivity index (χ1v) is 6.11. The Labute approximate surface area is 118 Å². The summed E-state index contributed by atoms with van der Waals surface area (Å²) in [5.41, 5.74) is 2.85. The van der Waals surface area contributed by atoms with Crippen molar-refractivity contribution < 1.29 is 28.5 Å². The molecule has 1 nitrogen and oxygen atoms in total. The molecule has 0 aliphatic carbocycles. The lowest BCUT2D eigenvalue weighted by Gasteiger charge is -2.02. The number of hydrogen-bond donors (Lipinski definition) is 0. The van der Waals surface area contributed by atoms with Crippen molar-refractivity contribution in [3.05, 3.63) is 52.0 Å². The second-order valence-corrected chi connectivity index (χ2v) is 4.93. The summed E-state index contributed by atoms with van der Waals surface area (Å²) in [4.78, 5) is 1.47. The summed E-state index contributed by atoms with van der Waals surface area (Å²) in [5.74, 6) is 0. The number of thiophene rings is 1. The van der Waals surface area contributed by atoms with Gasteiger partial charge in [-0.1, -0.05) is 6.07 Å². The first kappa shape index (κ1) is 13.6. The highest BCUT2D eigenvalue weighted by molar-refractivity contribution is 7.09. The van der Waals surface area contributed by atoms with E-state index in [1.54, 1.807) is 0 Å². The van der Waals surface area contributed by atoms with Crippen LogP contribution in [-0.4, -0.2) is 0 Å². The molecule has 16 heavy (non-hydrogen) atoms. The third-order valence-corrected chi connectivity index (χ3v) is 3.57. The second kappa shape index (κ2) is 6.35. The summed E-state index contributed by atoms with van der Waals surface area (Å²) < 4.78 is 2.10. The van der Waals surface area contributed by atoms with Crippen LogP contribution in [0, 0.1) is 6.92 Å². The molecule has 2 heterocycles. The van der Waals surface area contributed by atoms with Crippen LogP contribution in [0.5, 0.6) is 0 Å². The van der Waals surface area contributed by atoms with Crippen LogP contribution < -0.4 is 28.5 Å². The molecule has 0 unspecified atom stereocenters. The third kappa shape index (κ3) is 3.56. The van der Waals surface area contributed by atoms with Crippen LogP contribution >= 0.6 is 11.3 Å². The van der Waals surface area contributed by atoms with Crippen molar-refractivity contribution in [2.24, 2.45) is 7.05 Å². The molecule has 0 bridgehead atoms. The maximum absolute atomic E-state index is 2.23. The largest absolute Gasteiger partial charge is 1.00 e. The van der Waals surface area contributed by atoms with Gasteiger partial charge in [-0.25, -0.2) is 4.57 Å². The second-order valence-electron chi connectivity index (χ2n) is 3.90. The van der Waals surface area contributed by atoms with E-state index in [2.05, 4.69) is 54.5 Å². The summed E-state index contributed by atoms with van der Waals surface area (Å²) in [6.45, 7) is 2.18. The first-order valence-electron chi connectivity index (χ1n) is 5.23. The summed E-state index contributed by atoms with van der Waals surface area (Å²) in [6, 6.07) is 6.56. The monoisotopic (exact) mass is 345 g/mol. The van der Waals surface area contributed by atoms with Crippen LogP contribution in [0.2, 0.25) is 0 Å². The molecule has 3 heteroatoms. The number of aryl methyl sites for hydroxylation is 4. The Bertz CT molecular complexity index is 437. The molecule has 0 fully saturated rings. The van der Waals surface area contributed by atoms with Gasteiger partial charge in [0.05, 0.1) is 0 Å². The molecule has 0 spiro atoms. The van der Waals surface area contributed by atoms with Gasteiger partial charge in [0.15, 0.2) is 12.4 Å². The lowest BCUT2D eigenvalue weighted by Crippen LogP contribution is -3.00. The van der Waals surface area contributed by atoms with Crippen molar-refractivity contribution in [2.75, 3.05) is 0 Å². The molecule has 0 amide bonds. The number of pyridine rings is 1. The van der Waals surface area contributed by atoms with E-state index in [0.29, 0.717) is 0 Å². The Morgan fingerprint density at radius 2 is 2.06 bits per heavy atom. The number of hydrogen-bond acceptors (Lipinski definition) is 1. The molecule has 86 valence electrons. The highest BCUT2D eigenvalue weighted by Crippen LogP contribution is 2.13. The molecule has 0 N–H and O–H groups in total. The standard InChI is InChI=1S/C13H16NS.HI/c1-11-10-14(2)8-7-12(11)5-6-13-4-3-9-15-13;/h3-4,7-10H,5-6H2,1-2H3;1H/q+1;/p-1. The molecular weight excluding hydrogens is 329 g/mol. The van der Waals surface area contributed by atoms with E-state index >= 15 is 0 Å². The van der Waals surface area contributed by atoms with E-state index < -0.39 is 0 Å². The van der Waals surface area contributed by atoms with Gasteiger partial charge in [-0.15, -0.1) is 11.3 Å². The quantitative estimate of drug-likeness (QED) is 0.530. The smallest absolute Gasteiger partial charge is 0.171 e. The minimum atomic E-state index is 0. The van der Waals surface area contributed by atoms with Gasteiger partial charge < -0.3 is 24.0 Å². The molecule has 2 rings (SSSR count). The van der Waals surface area contributed by atoms with Crippen LogP contribution in [0.4, 0.5) is 0 Å². The van der Waals surface area contributed by atoms with E-state index in [1.807, 2.05) is 11.3 Å². The fraction of sp³-hybridized carbons (Fsp3) is 0.308. The van der Waals surface area contributed by atoms with Crippen molar-refractivity contribution in [1.29, 1.82) is 0 Å². The summed E-state index contributed by atoms with van der Waals surface area (Å²) >= 11 is 1.85. The Morgan fingerprint density at radius 3 is 2.69 bits per heavy atom. The molecule has 0 saturated heterocycles. The lowest BCUT2D eigenvalue weighted by molar-refractivity contribution is -0.671. The highest BCUT2D eigenvalue weighted by Gasteiger charge is 2.03. The number of halogens is 1. The molecule has 0 saturated carbocycles. The van der Waals surface area contributed by atoms with Crippen molar-refractivity contribution in [2.45, 2.75) is 19.8 Å². The summed E-state index contributed by atoms with van der Waals surface area (Å²) in [5, 5.41) is 2.15. The zero-order valence-corrected chi connectivity index (χ0v) is 12.6. The molecule has 0 aliphatic rings. The van der Waals surface area contributed by atoms with Gasteiger partial charge in [-0.3, -0.25) is 0 Å². The lowest BCUT2D eigenvalue weighted by atomic mass is 10.1. The van der Waals surface area contributed by atoms with Crippen LogP contribution in [0.15, 0.2) is 36.0 Å². The molecular formula is C13H16INS. The molecule has 0 atom stereocenters. The summed E-state index contributed by atoms with van der Waals surface area (Å²) in [7, 11) is 2.07. The Morgan fingerprint density at radius 1 is 1.25 bits per heavy atom. The fourth-order valence-electron chi connectivity index (χ4n) is 1.76. The molecule has 2 aromatic heterocycles. The average Bonchev–Trinajstić information content (AvgIpc) is 2.69. The van der Waals surface area contributed by atoms with Crippen LogP contribution in [0.1, 0.15) is 16.0 Å². The topological polar surface area (TPSA) is 3.88 Å². The predicted molar refractivity (Wildman–Crippen MR) is 64.1 cm³/mol. The molecule has 0 aromatic carbocycles. The van der Waals surface area contributed by atoms with E-state index in [1.165, 1.54) is 16.0 Å². The highest BCUT2D eigenvalue weighted by atomic mass is 127. The van der Waals surface area contributed by atoms with Crippen molar-refractivity contribution in [3.63, 3.8) is 0 Å². The normalized spacial score (nSPS) is 9.88. The van der Waals surface area contributed by atoms with Gasteiger partial charge >= 0.3 is 0 Å². The van der Waals surface area contributed by atoms with Gasteiger partial charge in [0, 0.05) is 16.5 Å². The Kier molecular flexibility index (Phi) is 5.41. The van der Waals surface area contributed by atoms with Crippen LogP contribution in [0.3, 0.4) is 0 Å². The van der Waals surface area contributed by atoms with E-state index in [9.17, 15) is 0 Å². The maximum Gasteiger partial charge on any atom is 0.171 e. The Hall–Kier alpha value is -0.420. The molecule has 2 aromatic rings.